The van der Waals surface area contributed by atoms with E-state index in [1.54, 1.807) is 6.08 Å². The maximum atomic E-state index is 11.5. The average Bonchev–Trinajstić information content (AvgIpc) is 2.42. The van der Waals surface area contributed by atoms with E-state index in [0.29, 0.717) is 0 Å². The Bertz CT molecular complexity index is 520. The fourth-order valence-corrected chi connectivity index (χ4v) is 2.47. The Morgan fingerprint density at radius 2 is 1.75 bits per heavy atom. The largest absolute Gasteiger partial charge is 0.328 e. The van der Waals surface area contributed by atoms with Gasteiger partial charge in [-0.1, -0.05) is 25.0 Å². The van der Waals surface area contributed by atoms with Crippen LogP contribution in [0.3, 0.4) is 0 Å². The molecular formula is C14H15N3O3. The zero-order chi connectivity index (χ0) is 14.5. The lowest BCUT2D eigenvalue weighted by molar-refractivity contribution is -0.124. The van der Waals surface area contributed by atoms with Crippen LogP contribution in [0, 0.1) is 23.2 Å². The number of carbonyl (C=O) groups is 3. The molecule has 1 saturated carbocycles. The molecule has 1 saturated heterocycles. The van der Waals surface area contributed by atoms with E-state index < -0.39 is 17.8 Å². The smallest absolute Gasteiger partial charge is 0.273 e. The van der Waals surface area contributed by atoms with Gasteiger partial charge in [-0.15, -0.1) is 0 Å². The number of carbonyl (C=O) groups excluding carboxylic acids is 3. The van der Waals surface area contributed by atoms with Gasteiger partial charge in [0.15, 0.2) is 0 Å². The quantitative estimate of drug-likeness (QED) is 0.582. The molecule has 0 aromatic heterocycles. The van der Waals surface area contributed by atoms with Gasteiger partial charge in [-0.3, -0.25) is 20.2 Å². The number of hydrogen-bond acceptors (Lipinski definition) is 4. The molecule has 2 rings (SSSR count). The number of amides is 4. The van der Waals surface area contributed by atoms with Crippen LogP contribution in [-0.2, 0) is 9.59 Å². The Balaban J connectivity index is 2.06. The molecule has 6 nitrogen and oxygen atoms in total. The first-order valence-electron chi connectivity index (χ1n) is 6.56. The van der Waals surface area contributed by atoms with Gasteiger partial charge in [0.2, 0.25) is 0 Å². The number of rotatable bonds is 2. The van der Waals surface area contributed by atoms with E-state index in [1.807, 2.05) is 16.7 Å². The molecule has 2 unspecified atom stereocenters. The van der Waals surface area contributed by atoms with E-state index in [1.165, 1.54) is 6.08 Å². The molecule has 2 fully saturated rings. The molecule has 4 amide bonds. The number of barbiturate groups is 1. The Hall–Kier alpha value is -2.42. The molecule has 2 atom stereocenters. The molecule has 104 valence electrons. The highest BCUT2D eigenvalue weighted by Crippen LogP contribution is 2.30. The van der Waals surface area contributed by atoms with Crippen molar-refractivity contribution in [2.45, 2.75) is 25.7 Å². The predicted molar refractivity (Wildman–Crippen MR) is 70.0 cm³/mol. The normalized spacial score (nSPS) is 26.9. The minimum Gasteiger partial charge on any atom is -0.273 e. The summed E-state index contributed by atoms with van der Waals surface area (Å²) >= 11 is 0. The van der Waals surface area contributed by atoms with Crippen molar-refractivity contribution in [2.24, 2.45) is 11.8 Å². The van der Waals surface area contributed by atoms with Gasteiger partial charge in [-0.25, -0.2) is 4.79 Å². The average molecular weight is 273 g/mol. The molecule has 2 aliphatic rings. The summed E-state index contributed by atoms with van der Waals surface area (Å²) in [5.41, 5.74) is -0.106. The van der Waals surface area contributed by atoms with Crippen LogP contribution < -0.4 is 10.6 Å². The summed E-state index contributed by atoms with van der Waals surface area (Å²) in [6, 6.07) is 1.48. The molecule has 0 bridgehead atoms. The van der Waals surface area contributed by atoms with E-state index in [-0.39, 0.29) is 17.4 Å². The number of allylic oxidation sites excluding steroid dienone is 3. The SMILES string of the molecule is N#CC1CCCCC1/C=C/C=C1C(=O)NC(=O)NC1=O. The predicted octanol–water partition coefficient (Wildman–Crippen LogP) is 1.16. The summed E-state index contributed by atoms with van der Waals surface area (Å²) < 4.78 is 0. The molecule has 0 spiro atoms. The topological polar surface area (TPSA) is 99.1 Å². The molecular weight excluding hydrogens is 258 g/mol. The highest BCUT2D eigenvalue weighted by Gasteiger charge is 2.27. The van der Waals surface area contributed by atoms with Crippen LogP contribution in [0.5, 0.6) is 0 Å². The van der Waals surface area contributed by atoms with Crippen LogP contribution in [0.15, 0.2) is 23.8 Å². The van der Waals surface area contributed by atoms with Crippen molar-refractivity contribution in [3.63, 3.8) is 0 Å². The summed E-state index contributed by atoms with van der Waals surface area (Å²) in [5, 5.41) is 13.1. The number of hydrogen-bond donors (Lipinski definition) is 2. The fourth-order valence-electron chi connectivity index (χ4n) is 2.47. The van der Waals surface area contributed by atoms with Crippen molar-refractivity contribution >= 4 is 17.8 Å². The first-order chi connectivity index (χ1) is 9.61. The van der Waals surface area contributed by atoms with Crippen LogP contribution in [0.1, 0.15) is 25.7 Å². The van der Waals surface area contributed by atoms with E-state index in [2.05, 4.69) is 6.07 Å². The zero-order valence-corrected chi connectivity index (χ0v) is 10.9. The summed E-state index contributed by atoms with van der Waals surface area (Å²) in [6.45, 7) is 0. The van der Waals surface area contributed by atoms with Gasteiger partial charge in [-0.2, -0.15) is 5.26 Å². The lowest BCUT2D eigenvalue weighted by Crippen LogP contribution is -2.51. The molecule has 0 radical (unpaired) electrons. The van der Waals surface area contributed by atoms with Gasteiger partial charge in [0.05, 0.1) is 12.0 Å². The molecule has 6 heteroatoms. The number of urea groups is 1. The third-order valence-electron chi connectivity index (χ3n) is 3.55. The van der Waals surface area contributed by atoms with E-state index in [0.717, 1.165) is 25.7 Å². The summed E-state index contributed by atoms with van der Waals surface area (Å²) in [4.78, 5) is 33.8. The van der Waals surface area contributed by atoms with Crippen molar-refractivity contribution in [3.05, 3.63) is 23.8 Å². The van der Waals surface area contributed by atoms with Gasteiger partial charge in [0.25, 0.3) is 11.8 Å². The van der Waals surface area contributed by atoms with Gasteiger partial charge >= 0.3 is 6.03 Å². The maximum absolute atomic E-state index is 11.5. The molecule has 1 aliphatic heterocycles. The maximum Gasteiger partial charge on any atom is 0.328 e. The van der Waals surface area contributed by atoms with Crippen LogP contribution in [0.2, 0.25) is 0 Å². The standard InChI is InChI=1S/C14H15N3O3/c15-8-10-5-2-1-4-9(10)6-3-7-11-12(18)16-14(20)17-13(11)19/h3,6-7,9-10H,1-2,4-5H2,(H2,16,17,18,19,20)/b6-3+. The Morgan fingerprint density at radius 3 is 2.40 bits per heavy atom. The van der Waals surface area contributed by atoms with Crippen molar-refractivity contribution in [2.75, 3.05) is 0 Å². The lowest BCUT2D eigenvalue weighted by Gasteiger charge is -2.23. The van der Waals surface area contributed by atoms with Crippen LogP contribution in [0.25, 0.3) is 0 Å². The van der Waals surface area contributed by atoms with Crippen LogP contribution >= 0.6 is 0 Å². The molecule has 20 heavy (non-hydrogen) atoms. The highest BCUT2D eigenvalue weighted by molar-refractivity contribution is 6.28. The fraction of sp³-hybridized carbons (Fsp3) is 0.429. The van der Waals surface area contributed by atoms with Crippen molar-refractivity contribution in [1.29, 1.82) is 5.26 Å². The third-order valence-corrected chi connectivity index (χ3v) is 3.55. The van der Waals surface area contributed by atoms with Crippen molar-refractivity contribution < 1.29 is 14.4 Å². The van der Waals surface area contributed by atoms with Crippen LogP contribution in [0.4, 0.5) is 4.79 Å². The summed E-state index contributed by atoms with van der Waals surface area (Å²) in [6.07, 6.45) is 8.82. The van der Waals surface area contributed by atoms with Gasteiger partial charge in [0, 0.05) is 0 Å². The first kappa shape index (κ1) is 14.0. The molecule has 1 heterocycles. The third kappa shape index (κ3) is 3.12. The second kappa shape index (κ2) is 6.15. The molecule has 0 aromatic carbocycles. The number of nitriles is 1. The minimum absolute atomic E-state index is 0.00557. The van der Waals surface area contributed by atoms with Gasteiger partial charge in [0.1, 0.15) is 5.57 Å². The zero-order valence-electron chi connectivity index (χ0n) is 10.9. The molecule has 0 aromatic rings. The number of nitrogens with one attached hydrogen (secondary N) is 2. The van der Waals surface area contributed by atoms with Crippen molar-refractivity contribution in [3.8, 4) is 6.07 Å². The van der Waals surface area contributed by atoms with Gasteiger partial charge < -0.3 is 0 Å². The Kier molecular flexibility index (Phi) is 4.31. The van der Waals surface area contributed by atoms with E-state index in [4.69, 9.17) is 5.26 Å². The summed E-state index contributed by atoms with van der Waals surface area (Å²) in [7, 11) is 0. The highest BCUT2D eigenvalue weighted by atomic mass is 16.2. The minimum atomic E-state index is -0.807. The molecule has 2 N–H and O–H groups in total. The Labute approximate surface area is 116 Å². The monoisotopic (exact) mass is 273 g/mol. The lowest BCUT2D eigenvalue weighted by atomic mass is 9.80. The second-order valence-corrected chi connectivity index (χ2v) is 4.89. The van der Waals surface area contributed by atoms with E-state index >= 15 is 0 Å². The van der Waals surface area contributed by atoms with E-state index in [9.17, 15) is 14.4 Å². The van der Waals surface area contributed by atoms with Crippen molar-refractivity contribution in [1.82, 2.24) is 10.6 Å². The second-order valence-electron chi connectivity index (χ2n) is 4.89. The summed E-state index contributed by atoms with van der Waals surface area (Å²) in [5.74, 6) is -1.26. The first-order valence-corrected chi connectivity index (χ1v) is 6.56. The van der Waals surface area contributed by atoms with Gasteiger partial charge in [-0.05, 0) is 24.8 Å². The number of imide groups is 2. The molecule has 1 aliphatic carbocycles. The van der Waals surface area contributed by atoms with Crippen LogP contribution in [-0.4, -0.2) is 17.8 Å². The Morgan fingerprint density at radius 1 is 1.10 bits per heavy atom. The number of nitrogens with zero attached hydrogens (tertiary/aromatic N) is 1.